The zero-order valence-corrected chi connectivity index (χ0v) is 34.4. The highest BCUT2D eigenvalue weighted by atomic mass is 15.0. The van der Waals surface area contributed by atoms with Crippen molar-refractivity contribution in [2.45, 2.75) is 0 Å². The van der Waals surface area contributed by atoms with Crippen LogP contribution in [0.1, 0.15) is 0 Å². The van der Waals surface area contributed by atoms with E-state index in [1.54, 1.807) is 0 Å². The molecule has 0 fully saturated rings. The van der Waals surface area contributed by atoms with E-state index in [1.807, 2.05) is 0 Å². The molecule has 0 saturated heterocycles. The van der Waals surface area contributed by atoms with Gasteiger partial charge in [0.15, 0.2) is 0 Å². The summed E-state index contributed by atoms with van der Waals surface area (Å²) in [5, 5.41) is 7.46. The molecule has 0 amide bonds. The lowest BCUT2D eigenvalue weighted by atomic mass is 10.00. The van der Waals surface area contributed by atoms with Crippen molar-refractivity contribution in [3.63, 3.8) is 0 Å². The molecule has 3 aromatic heterocycles. The largest absolute Gasteiger partial charge is 0.309 e. The molecule has 13 aromatic rings. The number of fused-ring (bicyclic) bond motifs is 9. The van der Waals surface area contributed by atoms with Gasteiger partial charge < -0.3 is 13.7 Å². The second-order valence-electron chi connectivity index (χ2n) is 16.5. The van der Waals surface area contributed by atoms with Crippen molar-refractivity contribution in [1.82, 2.24) is 13.7 Å². The van der Waals surface area contributed by atoms with Gasteiger partial charge in [-0.25, -0.2) is 0 Å². The van der Waals surface area contributed by atoms with Crippen LogP contribution in [0.25, 0.3) is 116 Å². The van der Waals surface area contributed by atoms with Crippen LogP contribution in [0.3, 0.4) is 0 Å². The van der Waals surface area contributed by atoms with Crippen LogP contribution >= 0.6 is 0 Å². The Hall–Kier alpha value is -8.40. The minimum Gasteiger partial charge on any atom is -0.309 e. The zero-order chi connectivity index (χ0) is 41.4. The molecule has 0 aliphatic rings. The lowest BCUT2D eigenvalue weighted by molar-refractivity contribution is 1.18. The first-order chi connectivity index (χ1) is 31.3. The van der Waals surface area contributed by atoms with E-state index in [0.717, 1.165) is 11.4 Å². The minimum absolute atomic E-state index is 1.15. The summed E-state index contributed by atoms with van der Waals surface area (Å²) in [7, 11) is 0. The predicted octanol–water partition coefficient (Wildman–Crippen LogP) is 16.0. The molecule has 294 valence electrons. The van der Waals surface area contributed by atoms with Gasteiger partial charge in [0.2, 0.25) is 0 Å². The topological polar surface area (TPSA) is 14.8 Å². The maximum Gasteiger partial charge on any atom is 0.0541 e. The summed E-state index contributed by atoms with van der Waals surface area (Å²) in [6.45, 7) is 0. The second kappa shape index (κ2) is 14.1. The lowest BCUT2D eigenvalue weighted by Gasteiger charge is -2.16. The SMILES string of the molecule is c1ccc(-c2ccc(-n3c4ccccc4c4cc(-c5ccccc5-n5c6ccccc6c6cc(-c7ccccc7-n7c8ccccc8c8ccccc87)ccc65)ccc43)cc2)cc1. The van der Waals surface area contributed by atoms with E-state index < -0.39 is 0 Å². The minimum atomic E-state index is 1.15. The summed E-state index contributed by atoms with van der Waals surface area (Å²) < 4.78 is 7.29. The van der Waals surface area contributed by atoms with Crippen LogP contribution in [-0.2, 0) is 0 Å². The number of hydrogen-bond donors (Lipinski definition) is 0. The first kappa shape index (κ1) is 35.4. The fourth-order valence-corrected chi connectivity index (χ4v) is 10.3. The zero-order valence-electron chi connectivity index (χ0n) is 34.4. The number of nitrogens with zero attached hydrogens (tertiary/aromatic N) is 3. The molecule has 0 saturated carbocycles. The predicted molar refractivity (Wildman–Crippen MR) is 266 cm³/mol. The molecular weight excluding hydrogens is 763 g/mol. The van der Waals surface area contributed by atoms with Gasteiger partial charge in [-0.05, 0) is 95.1 Å². The fraction of sp³-hybridized carbons (Fsp3) is 0. The highest BCUT2D eigenvalue weighted by Crippen LogP contribution is 2.42. The quantitative estimate of drug-likeness (QED) is 0.159. The molecule has 0 atom stereocenters. The Kier molecular flexibility index (Phi) is 7.91. The summed E-state index contributed by atoms with van der Waals surface area (Å²) in [5.74, 6) is 0. The van der Waals surface area contributed by atoms with E-state index in [0.29, 0.717) is 0 Å². The van der Waals surface area contributed by atoms with Gasteiger partial charge >= 0.3 is 0 Å². The first-order valence-corrected chi connectivity index (χ1v) is 21.7. The van der Waals surface area contributed by atoms with Crippen molar-refractivity contribution in [2.75, 3.05) is 0 Å². The molecule has 0 radical (unpaired) electrons. The van der Waals surface area contributed by atoms with Crippen molar-refractivity contribution in [2.24, 2.45) is 0 Å². The third-order valence-electron chi connectivity index (χ3n) is 13.1. The van der Waals surface area contributed by atoms with Gasteiger partial charge in [-0.1, -0.05) is 164 Å². The Morgan fingerprint density at radius 1 is 0.206 bits per heavy atom. The van der Waals surface area contributed by atoms with Crippen molar-refractivity contribution >= 4 is 65.4 Å². The summed E-state index contributed by atoms with van der Waals surface area (Å²) in [6, 6.07) is 86.4. The van der Waals surface area contributed by atoms with Gasteiger partial charge in [-0.2, -0.15) is 0 Å². The molecule has 0 aliphatic heterocycles. The molecule has 3 heterocycles. The normalized spacial score (nSPS) is 11.8. The van der Waals surface area contributed by atoms with Crippen LogP contribution in [0.15, 0.2) is 237 Å². The van der Waals surface area contributed by atoms with Crippen molar-refractivity contribution in [1.29, 1.82) is 0 Å². The molecule has 0 aliphatic carbocycles. The molecule has 0 spiro atoms. The third-order valence-corrected chi connectivity index (χ3v) is 13.1. The van der Waals surface area contributed by atoms with E-state index in [2.05, 4.69) is 250 Å². The van der Waals surface area contributed by atoms with Crippen molar-refractivity contribution in [3.05, 3.63) is 237 Å². The van der Waals surface area contributed by atoms with Crippen LogP contribution in [0.4, 0.5) is 0 Å². The Labute approximate surface area is 364 Å². The summed E-state index contributed by atoms with van der Waals surface area (Å²) in [5.41, 5.74) is 17.8. The summed E-state index contributed by atoms with van der Waals surface area (Å²) >= 11 is 0. The van der Waals surface area contributed by atoms with Crippen LogP contribution in [0, 0.1) is 0 Å². The van der Waals surface area contributed by atoms with Crippen LogP contribution in [0.5, 0.6) is 0 Å². The Morgan fingerprint density at radius 2 is 0.540 bits per heavy atom. The van der Waals surface area contributed by atoms with E-state index >= 15 is 0 Å². The van der Waals surface area contributed by atoms with Crippen LogP contribution in [-0.4, -0.2) is 13.7 Å². The number of hydrogen-bond acceptors (Lipinski definition) is 0. The van der Waals surface area contributed by atoms with E-state index in [-0.39, 0.29) is 0 Å². The highest BCUT2D eigenvalue weighted by Gasteiger charge is 2.20. The third kappa shape index (κ3) is 5.46. The monoisotopic (exact) mass is 801 g/mol. The molecule has 13 rings (SSSR count). The van der Waals surface area contributed by atoms with Gasteiger partial charge in [0, 0.05) is 49.1 Å². The van der Waals surface area contributed by atoms with Crippen LogP contribution < -0.4 is 0 Å². The number of rotatable bonds is 6. The maximum absolute atomic E-state index is 2.46. The molecule has 0 bridgehead atoms. The van der Waals surface area contributed by atoms with Crippen LogP contribution in [0.2, 0.25) is 0 Å². The van der Waals surface area contributed by atoms with Gasteiger partial charge in [-0.3, -0.25) is 0 Å². The maximum atomic E-state index is 2.46. The molecule has 3 nitrogen and oxygen atoms in total. The van der Waals surface area contributed by atoms with E-state index in [4.69, 9.17) is 0 Å². The highest BCUT2D eigenvalue weighted by molar-refractivity contribution is 6.13. The number of aromatic nitrogens is 3. The van der Waals surface area contributed by atoms with Gasteiger partial charge in [0.05, 0.1) is 44.5 Å². The standard InChI is InChI=1S/C60H39N3/c1-2-16-40(17-3-1)41-30-34-44(35-31-41)61-55-26-12-8-22-49(55)51-38-42(32-36-59(51)61)46-19-5-11-25-54(46)63-58-29-15-9-23-50(58)52-39-43(33-37-60(52)63)45-18-4-10-24-53(45)62-56-27-13-6-20-47(56)48-21-7-14-28-57(48)62/h1-39H. The van der Waals surface area contributed by atoms with Crippen molar-refractivity contribution in [3.8, 4) is 50.4 Å². The summed E-state index contributed by atoms with van der Waals surface area (Å²) in [4.78, 5) is 0. The lowest BCUT2D eigenvalue weighted by Crippen LogP contribution is -1.98. The molecular formula is C60H39N3. The average Bonchev–Trinajstić information content (AvgIpc) is 3.99. The number of para-hydroxylation sites is 6. The first-order valence-electron chi connectivity index (χ1n) is 21.7. The Bertz CT molecular complexity index is 3850. The van der Waals surface area contributed by atoms with Gasteiger partial charge in [0.1, 0.15) is 0 Å². The summed E-state index contributed by atoms with van der Waals surface area (Å²) in [6.07, 6.45) is 0. The van der Waals surface area contributed by atoms with E-state index in [1.165, 1.54) is 104 Å². The molecule has 0 unspecified atom stereocenters. The average molecular weight is 802 g/mol. The van der Waals surface area contributed by atoms with Gasteiger partial charge in [0.25, 0.3) is 0 Å². The number of benzene rings is 10. The second-order valence-corrected chi connectivity index (χ2v) is 16.5. The molecule has 3 heteroatoms. The van der Waals surface area contributed by atoms with E-state index in [9.17, 15) is 0 Å². The molecule has 0 N–H and O–H groups in total. The van der Waals surface area contributed by atoms with Gasteiger partial charge in [-0.15, -0.1) is 0 Å². The molecule has 10 aromatic carbocycles. The van der Waals surface area contributed by atoms with Crippen molar-refractivity contribution < 1.29 is 0 Å². The Morgan fingerprint density at radius 3 is 1.03 bits per heavy atom. The smallest absolute Gasteiger partial charge is 0.0541 e. The Balaban J connectivity index is 0.960. The fourth-order valence-electron chi connectivity index (χ4n) is 10.3. The molecule has 63 heavy (non-hydrogen) atoms.